The second-order valence-electron chi connectivity index (χ2n) is 5.48. The standard InChI is InChI=1S/C17H24N2O3/c20-16(10-13-22-15-8-4-3-5-9-15)18-14-17(21)19-11-6-1-2-7-12-19/h3-5,8-9H,1-2,6-7,10-14H2,(H,18,20). The van der Waals surface area contributed by atoms with Crippen LogP contribution in [-0.2, 0) is 9.59 Å². The van der Waals surface area contributed by atoms with Gasteiger partial charge >= 0.3 is 0 Å². The fourth-order valence-electron chi connectivity index (χ4n) is 2.47. The smallest absolute Gasteiger partial charge is 0.241 e. The van der Waals surface area contributed by atoms with Crippen molar-refractivity contribution >= 4 is 11.8 Å². The molecule has 5 heteroatoms. The second-order valence-corrected chi connectivity index (χ2v) is 5.48. The first-order chi connectivity index (χ1) is 10.8. The Hall–Kier alpha value is -2.04. The first-order valence-electron chi connectivity index (χ1n) is 7.98. The van der Waals surface area contributed by atoms with Gasteiger partial charge in [-0.15, -0.1) is 0 Å². The number of hydrogen-bond acceptors (Lipinski definition) is 3. The lowest BCUT2D eigenvalue weighted by Gasteiger charge is -2.20. The van der Waals surface area contributed by atoms with Gasteiger partial charge in [-0.05, 0) is 25.0 Å². The van der Waals surface area contributed by atoms with Crippen LogP contribution in [-0.4, -0.2) is 43.0 Å². The van der Waals surface area contributed by atoms with Crippen molar-refractivity contribution in [3.8, 4) is 5.75 Å². The third kappa shape index (κ3) is 5.76. The van der Waals surface area contributed by atoms with Crippen LogP contribution in [0, 0.1) is 0 Å². The van der Waals surface area contributed by atoms with Gasteiger partial charge in [-0.2, -0.15) is 0 Å². The highest BCUT2D eigenvalue weighted by molar-refractivity contribution is 5.84. The molecule has 5 nitrogen and oxygen atoms in total. The normalized spacial score (nSPS) is 15.0. The number of hydrogen-bond donors (Lipinski definition) is 1. The number of amides is 2. The average Bonchev–Trinajstić information content (AvgIpc) is 2.83. The molecule has 0 aromatic heterocycles. The van der Waals surface area contributed by atoms with E-state index < -0.39 is 0 Å². The predicted molar refractivity (Wildman–Crippen MR) is 84.6 cm³/mol. The van der Waals surface area contributed by atoms with Crippen LogP contribution in [0.25, 0.3) is 0 Å². The van der Waals surface area contributed by atoms with Crippen LogP contribution >= 0.6 is 0 Å². The van der Waals surface area contributed by atoms with Gasteiger partial charge in [-0.25, -0.2) is 0 Å². The molecule has 22 heavy (non-hydrogen) atoms. The largest absolute Gasteiger partial charge is 0.493 e. The Morgan fingerprint density at radius 2 is 1.73 bits per heavy atom. The summed E-state index contributed by atoms with van der Waals surface area (Å²) >= 11 is 0. The Morgan fingerprint density at radius 3 is 2.41 bits per heavy atom. The summed E-state index contributed by atoms with van der Waals surface area (Å²) in [6.07, 6.45) is 4.75. The highest BCUT2D eigenvalue weighted by Gasteiger charge is 2.15. The third-order valence-electron chi connectivity index (χ3n) is 3.74. The van der Waals surface area contributed by atoms with Gasteiger partial charge in [-0.3, -0.25) is 9.59 Å². The zero-order valence-electron chi connectivity index (χ0n) is 12.9. The van der Waals surface area contributed by atoms with Gasteiger partial charge in [0.25, 0.3) is 0 Å². The van der Waals surface area contributed by atoms with E-state index in [1.54, 1.807) is 0 Å². The molecule has 1 N–H and O–H groups in total. The molecule has 0 saturated carbocycles. The number of likely N-dealkylation sites (tertiary alicyclic amines) is 1. The molecule has 1 fully saturated rings. The lowest BCUT2D eigenvalue weighted by Crippen LogP contribution is -2.40. The Morgan fingerprint density at radius 1 is 1.05 bits per heavy atom. The Kier molecular flexibility index (Phi) is 6.74. The summed E-state index contributed by atoms with van der Waals surface area (Å²) in [6, 6.07) is 9.38. The van der Waals surface area contributed by atoms with Crippen molar-refractivity contribution in [3.05, 3.63) is 30.3 Å². The van der Waals surface area contributed by atoms with Crippen molar-refractivity contribution in [1.29, 1.82) is 0 Å². The van der Waals surface area contributed by atoms with E-state index in [9.17, 15) is 9.59 Å². The molecule has 0 bridgehead atoms. The monoisotopic (exact) mass is 304 g/mol. The van der Waals surface area contributed by atoms with E-state index in [2.05, 4.69) is 5.32 Å². The molecule has 1 saturated heterocycles. The van der Waals surface area contributed by atoms with Crippen molar-refractivity contribution in [2.75, 3.05) is 26.2 Å². The third-order valence-corrected chi connectivity index (χ3v) is 3.74. The Balaban J connectivity index is 1.61. The summed E-state index contributed by atoms with van der Waals surface area (Å²) < 4.78 is 5.46. The average molecular weight is 304 g/mol. The number of ether oxygens (including phenoxy) is 1. The van der Waals surface area contributed by atoms with Gasteiger partial charge in [0.05, 0.1) is 19.6 Å². The molecule has 0 spiro atoms. The molecule has 1 aliphatic rings. The molecule has 0 unspecified atom stereocenters. The first-order valence-corrected chi connectivity index (χ1v) is 7.98. The Bertz CT molecular complexity index is 468. The van der Waals surface area contributed by atoms with Gasteiger partial charge in [0.2, 0.25) is 11.8 Å². The number of benzene rings is 1. The maximum Gasteiger partial charge on any atom is 0.241 e. The van der Waals surface area contributed by atoms with E-state index in [4.69, 9.17) is 4.74 Å². The van der Waals surface area contributed by atoms with Crippen molar-refractivity contribution in [2.24, 2.45) is 0 Å². The molecule has 2 rings (SSSR count). The molecular formula is C17H24N2O3. The predicted octanol–water partition coefficient (Wildman–Crippen LogP) is 1.97. The SMILES string of the molecule is O=C(CCOc1ccccc1)NCC(=O)N1CCCCCC1. The zero-order chi connectivity index (χ0) is 15.6. The molecule has 1 heterocycles. The molecule has 1 aliphatic heterocycles. The topological polar surface area (TPSA) is 58.6 Å². The highest BCUT2D eigenvalue weighted by Crippen LogP contribution is 2.10. The fourth-order valence-corrected chi connectivity index (χ4v) is 2.47. The van der Waals surface area contributed by atoms with Gasteiger partial charge in [0.15, 0.2) is 0 Å². The fraction of sp³-hybridized carbons (Fsp3) is 0.529. The van der Waals surface area contributed by atoms with E-state index in [1.807, 2.05) is 35.2 Å². The van der Waals surface area contributed by atoms with Crippen LogP contribution in [0.4, 0.5) is 0 Å². The molecule has 1 aromatic rings. The molecule has 2 amide bonds. The number of nitrogens with one attached hydrogen (secondary N) is 1. The number of nitrogens with zero attached hydrogens (tertiary/aromatic N) is 1. The number of carbonyl (C=O) groups excluding carboxylic acids is 2. The van der Waals surface area contributed by atoms with Crippen LogP contribution in [0.1, 0.15) is 32.1 Å². The molecule has 0 radical (unpaired) electrons. The van der Waals surface area contributed by atoms with Crippen LogP contribution in [0.2, 0.25) is 0 Å². The van der Waals surface area contributed by atoms with Crippen molar-refractivity contribution in [2.45, 2.75) is 32.1 Å². The summed E-state index contributed by atoms with van der Waals surface area (Å²) in [4.78, 5) is 25.6. The van der Waals surface area contributed by atoms with Crippen LogP contribution in [0.3, 0.4) is 0 Å². The van der Waals surface area contributed by atoms with Gasteiger partial charge in [0.1, 0.15) is 5.75 Å². The molecule has 0 atom stereocenters. The van der Waals surface area contributed by atoms with Crippen LogP contribution in [0.15, 0.2) is 30.3 Å². The maximum atomic E-state index is 12.0. The van der Waals surface area contributed by atoms with E-state index >= 15 is 0 Å². The number of carbonyl (C=O) groups is 2. The first kappa shape index (κ1) is 16.3. The van der Waals surface area contributed by atoms with E-state index in [1.165, 1.54) is 12.8 Å². The summed E-state index contributed by atoms with van der Waals surface area (Å²) in [5.41, 5.74) is 0. The summed E-state index contributed by atoms with van der Waals surface area (Å²) in [5, 5.41) is 2.68. The molecule has 120 valence electrons. The quantitative estimate of drug-likeness (QED) is 0.874. The number of rotatable bonds is 6. The van der Waals surface area contributed by atoms with Crippen LogP contribution < -0.4 is 10.1 Å². The zero-order valence-corrected chi connectivity index (χ0v) is 12.9. The van der Waals surface area contributed by atoms with Gasteiger partial charge in [0, 0.05) is 13.1 Å². The number of para-hydroxylation sites is 1. The van der Waals surface area contributed by atoms with Gasteiger partial charge in [-0.1, -0.05) is 31.0 Å². The van der Waals surface area contributed by atoms with Crippen LogP contribution in [0.5, 0.6) is 5.75 Å². The molecular weight excluding hydrogens is 280 g/mol. The summed E-state index contributed by atoms with van der Waals surface area (Å²) in [5.74, 6) is 0.606. The van der Waals surface area contributed by atoms with E-state index in [-0.39, 0.29) is 24.8 Å². The molecule has 1 aromatic carbocycles. The maximum absolute atomic E-state index is 12.0. The minimum atomic E-state index is -0.154. The minimum Gasteiger partial charge on any atom is -0.493 e. The summed E-state index contributed by atoms with van der Waals surface area (Å²) in [6.45, 7) is 2.02. The summed E-state index contributed by atoms with van der Waals surface area (Å²) in [7, 11) is 0. The Labute approximate surface area is 131 Å². The lowest BCUT2D eigenvalue weighted by atomic mass is 10.2. The minimum absolute atomic E-state index is 0.0132. The van der Waals surface area contributed by atoms with Crippen molar-refractivity contribution in [3.63, 3.8) is 0 Å². The molecule has 0 aliphatic carbocycles. The highest BCUT2D eigenvalue weighted by atomic mass is 16.5. The second kappa shape index (κ2) is 9.07. The van der Waals surface area contributed by atoms with Gasteiger partial charge < -0.3 is 15.0 Å². The van der Waals surface area contributed by atoms with E-state index in [0.29, 0.717) is 6.61 Å². The van der Waals surface area contributed by atoms with Crippen molar-refractivity contribution < 1.29 is 14.3 Å². The van der Waals surface area contributed by atoms with Crippen molar-refractivity contribution in [1.82, 2.24) is 10.2 Å². The lowest BCUT2D eigenvalue weighted by molar-refractivity contribution is -0.133. The van der Waals surface area contributed by atoms with E-state index in [0.717, 1.165) is 31.7 Å².